The van der Waals surface area contributed by atoms with E-state index < -0.39 is 0 Å². The van der Waals surface area contributed by atoms with Gasteiger partial charge in [-0.1, -0.05) is 129 Å². The van der Waals surface area contributed by atoms with Crippen LogP contribution in [-0.2, 0) is 26.5 Å². The zero-order valence-corrected chi connectivity index (χ0v) is 34.4. The van der Waals surface area contributed by atoms with Crippen LogP contribution in [0.3, 0.4) is 0 Å². The van der Waals surface area contributed by atoms with E-state index in [-0.39, 0.29) is 26.5 Å². The summed E-state index contributed by atoms with van der Waals surface area (Å²) in [5, 5.41) is 2.22. The van der Waals surface area contributed by atoms with Crippen molar-refractivity contribution in [1.82, 2.24) is 19.1 Å². The van der Waals surface area contributed by atoms with Crippen molar-refractivity contribution in [1.29, 1.82) is 0 Å². The van der Waals surface area contributed by atoms with Gasteiger partial charge in [0.05, 0.1) is 16.7 Å². The van der Waals surface area contributed by atoms with E-state index in [9.17, 15) is 0 Å². The SMILES string of the molecule is CC(C)(C)c1ccnc(-n2c3[c-]c(Oc4[c-]c(-n5[c-][n+](-c6c(-c7ccccc7)cncc6-c6ccccc6)c6ccccc65)ccc4)ccc3c3ccccc32)c1.[Pt]. The molecule has 0 aliphatic rings. The first-order chi connectivity index (χ1) is 27.9. The minimum atomic E-state index is -0.0241. The molecule has 6 nitrogen and oxygen atoms in total. The molecular weight excluding hydrogens is 894 g/mol. The van der Waals surface area contributed by atoms with Crippen LogP contribution in [0.25, 0.3) is 72.3 Å². The second kappa shape index (κ2) is 15.0. The molecule has 4 aromatic heterocycles. The summed E-state index contributed by atoms with van der Waals surface area (Å²) in [4.78, 5) is 9.56. The Hall–Kier alpha value is -6.62. The number of aromatic nitrogens is 5. The predicted molar refractivity (Wildman–Crippen MR) is 227 cm³/mol. The van der Waals surface area contributed by atoms with E-state index in [1.807, 2.05) is 59.6 Å². The second-order valence-corrected chi connectivity index (χ2v) is 15.2. The number of hydrogen-bond donors (Lipinski definition) is 0. The molecule has 0 bridgehead atoms. The zero-order chi connectivity index (χ0) is 38.5. The van der Waals surface area contributed by atoms with Crippen molar-refractivity contribution in [3.8, 4) is 50.9 Å². The molecule has 284 valence electrons. The maximum Gasteiger partial charge on any atom is 0.268 e. The van der Waals surface area contributed by atoms with Gasteiger partial charge in [-0.2, -0.15) is 18.2 Å². The Morgan fingerprint density at radius 3 is 2.00 bits per heavy atom. The zero-order valence-electron chi connectivity index (χ0n) is 32.1. The van der Waals surface area contributed by atoms with Gasteiger partial charge in [0.25, 0.3) is 6.33 Å². The van der Waals surface area contributed by atoms with E-state index in [2.05, 4.69) is 164 Å². The average Bonchev–Trinajstić information content (AvgIpc) is 3.80. The molecule has 0 spiro atoms. The number of ether oxygens (including phenoxy) is 1. The molecule has 0 aliphatic heterocycles. The smallest absolute Gasteiger partial charge is 0.268 e. The maximum absolute atomic E-state index is 6.58. The fraction of sp³-hybridized carbons (Fsp3) is 0.0784. The third-order valence-electron chi connectivity index (χ3n) is 10.5. The second-order valence-electron chi connectivity index (χ2n) is 15.2. The van der Waals surface area contributed by atoms with Crippen molar-refractivity contribution in [3.05, 3.63) is 194 Å². The molecule has 0 saturated carbocycles. The fourth-order valence-electron chi connectivity index (χ4n) is 7.68. The standard InChI is InChI=1S/C51H37N5O.Pt/c1-51(2,3)37-27-28-53-49(29-37)56-45-22-11-10-21-41(45)42-26-25-40(31-48(42)56)57-39-20-14-19-38(30-39)54-34-55(47-24-13-12-23-46(47)54)50-43(35-15-6-4-7-16-35)32-52-33-44(50)36-17-8-5-9-18-36;/h4-29,32-33H,1-3H3;/q-2;. The van der Waals surface area contributed by atoms with Crippen molar-refractivity contribution in [3.63, 3.8) is 0 Å². The molecule has 0 unspecified atom stereocenters. The summed E-state index contributed by atoms with van der Waals surface area (Å²) in [7, 11) is 0. The summed E-state index contributed by atoms with van der Waals surface area (Å²) < 4.78 is 13.0. The third-order valence-corrected chi connectivity index (χ3v) is 10.5. The molecule has 10 aromatic rings. The number of nitrogens with zero attached hydrogens (tertiary/aromatic N) is 5. The van der Waals surface area contributed by atoms with Crippen LogP contribution in [0.1, 0.15) is 26.3 Å². The van der Waals surface area contributed by atoms with Crippen LogP contribution >= 0.6 is 0 Å². The minimum Gasteiger partial charge on any atom is -0.510 e. The van der Waals surface area contributed by atoms with Gasteiger partial charge in [-0.05, 0) is 51.4 Å². The number of rotatable bonds is 7. The van der Waals surface area contributed by atoms with Crippen molar-refractivity contribution in [2.45, 2.75) is 26.2 Å². The fourth-order valence-corrected chi connectivity index (χ4v) is 7.68. The molecule has 4 heterocycles. The summed E-state index contributed by atoms with van der Waals surface area (Å²) in [5.74, 6) is 1.99. The van der Waals surface area contributed by atoms with Crippen LogP contribution in [0.15, 0.2) is 170 Å². The first kappa shape index (κ1) is 37.0. The van der Waals surface area contributed by atoms with Gasteiger partial charge in [0.15, 0.2) is 0 Å². The van der Waals surface area contributed by atoms with Gasteiger partial charge in [-0.15, -0.1) is 29.7 Å². The van der Waals surface area contributed by atoms with Crippen molar-refractivity contribution in [2.75, 3.05) is 0 Å². The van der Waals surface area contributed by atoms with Crippen molar-refractivity contribution >= 4 is 32.8 Å². The van der Waals surface area contributed by atoms with Crippen LogP contribution in [0.5, 0.6) is 11.5 Å². The van der Waals surface area contributed by atoms with Gasteiger partial charge in [-0.25, -0.2) is 4.98 Å². The monoisotopic (exact) mass is 930 g/mol. The van der Waals surface area contributed by atoms with E-state index in [1.54, 1.807) is 0 Å². The number of para-hydroxylation sites is 3. The molecule has 0 fully saturated rings. The molecule has 0 atom stereocenters. The van der Waals surface area contributed by atoms with Crippen LogP contribution in [0.4, 0.5) is 0 Å². The summed E-state index contributed by atoms with van der Waals surface area (Å²) in [6, 6.07) is 59.0. The largest absolute Gasteiger partial charge is 0.510 e. The van der Waals surface area contributed by atoms with E-state index in [0.717, 1.165) is 72.3 Å². The van der Waals surface area contributed by atoms with E-state index >= 15 is 0 Å². The van der Waals surface area contributed by atoms with Gasteiger partial charge in [0.2, 0.25) is 0 Å². The van der Waals surface area contributed by atoms with Crippen LogP contribution in [0.2, 0.25) is 0 Å². The van der Waals surface area contributed by atoms with Gasteiger partial charge in [-0.3, -0.25) is 9.55 Å². The normalized spacial score (nSPS) is 11.6. The first-order valence-corrected chi connectivity index (χ1v) is 19.1. The molecule has 58 heavy (non-hydrogen) atoms. The van der Waals surface area contributed by atoms with E-state index in [1.165, 1.54) is 5.56 Å². The summed E-state index contributed by atoms with van der Waals surface area (Å²) in [6.45, 7) is 6.66. The Kier molecular flexibility index (Phi) is 9.59. The van der Waals surface area contributed by atoms with Gasteiger partial charge >= 0.3 is 0 Å². The molecule has 10 rings (SSSR count). The summed E-state index contributed by atoms with van der Waals surface area (Å²) >= 11 is 0. The minimum absolute atomic E-state index is 0. The molecule has 6 aromatic carbocycles. The molecule has 0 aliphatic carbocycles. The Labute approximate surface area is 351 Å². The summed E-state index contributed by atoms with van der Waals surface area (Å²) in [6.07, 6.45) is 9.48. The van der Waals surface area contributed by atoms with Crippen molar-refractivity contribution in [2.24, 2.45) is 0 Å². The summed E-state index contributed by atoms with van der Waals surface area (Å²) in [5.41, 5.74) is 11.1. The molecular formula is C51H37N5OPt-2. The number of imidazole rings is 1. The first-order valence-electron chi connectivity index (χ1n) is 19.1. The van der Waals surface area contributed by atoms with Crippen molar-refractivity contribution < 1.29 is 30.4 Å². The molecule has 0 N–H and O–H groups in total. The Bertz CT molecular complexity index is 3030. The van der Waals surface area contributed by atoms with Crippen LogP contribution in [0, 0.1) is 18.5 Å². The van der Waals surface area contributed by atoms with Crippen LogP contribution in [-0.4, -0.2) is 19.1 Å². The number of fused-ring (bicyclic) bond motifs is 4. The average molecular weight is 931 g/mol. The molecule has 0 saturated heterocycles. The quantitative estimate of drug-likeness (QED) is 0.118. The Morgan fingerprint density at radius 1 is 0.621 bits per heavy atom. The number of pyridine rings is 2. The van der Waals surface area contributed by atoms with Gasteiger partial charge < -0.3 is 13.9 Å². The topological polar surface area (TPSA) is 48.8 Å². The number of hydrogen-bond acceptors (Lipinski definition) is 3. The Balaban J connectivity index is 0.00000436. The predicted octanol–water partition coefficient (Wildman–Crippen LogP) is 11.6. The Morgan fingerprint density at radius 2 is 1.28 bits per heavy atom. The van der Waals surface area contributed by atoms with Gasteiger partial charge in [0, 0.05) is 67.8 Å². The van der Waals surface area contributed by atoms with E-state index in [4.69, 9.17) is 14.7 Å². The third kappa shape index (κ3) is 6.59. The molecule has 0 radical (unpaired) electrons. The van der Waals surface area contributed by atoms with Crippen LogP contribution < -0.4 is 9.30 Å². The number of benzene rings is 6. The molecule has 0 amide bonds. The maximum atomic E-state index is 6.58. The van der Waals surface area contributed by atoms with Gasteiger partial charge in [0.1, 0.15) is 5.82 Å². The van der Waals surface area contributed by atoms with E-state index in [0.29, 0.717) is 11.5 Å². The molecule has 7 heteroatoms.